The van der Waals surface area contributed by atoms with Gasteiger partial charge in [-0.1, -0.05) is 26.7 Å². The van der Waals surface area contributed by atoms with Gasteiger partial charge in [-0.25, -0.2) is 0 Å². The molecule has 1 aliphatic rings. The fourth-order valence-corrected chi connectivity index (χ4v) is 1.76. The first-order valence-electron chi connectivity index (χ1n) is 6.46. The average molecular weight is 266 g/mol. The SMILES string of the molecule is C#C[C@@H](NC(=O)CNC(=O)C(C)(C)C)[C@@H]1CCOC1. The van der Waals surface area contributed by atoms with Gasteiger partial charge in [0, 0.05) is 17.9 Å². The van der Waals surface area contributed by atoms with Crippen LogP contribution in [-0.2, 0) is 14.3 Å². The fraction of sp³-hybridized carbons (Fsp3) is 0.714. The number of nitrogens with one attached hydrogen (secondary N) is 2. The van der Waals surface area contributed by atoms with Gasteiger partial charge in [-0.2, -0.15) is 0 Å². The summed E-state index contributed by atoms with van der Waals surface area (Å²) in [5.74, 6) is 2.29. The summed E-state index contributed by atoms with van der Waals surface area (Å²) in [7, 11) is 0. The predicted octanol–water partition coefficient (Wildman–Crippen LogP) is 0.303. The van der Waals surface area contributed by atoms with Crippen LogP contribution in [0.2, 0.25) is 0 Å². The summed E-state index contributed by atoms with van der Waals surface area (Å²) >= 11 is 0. The number of hydrogen-bond acceptors (Lipinski definition) is 3. The first-order chi connectivity index (χ1) is 8.84. The lowest BCUT2D eigenvalue weighted by Gasteiger charge is -2.20. The quantitative estimate of drug-likeness (QED) is 0.719. The molecule has 0 aromatic rings. The normalized spacial score (nSPS) is 20.4. The number of ether oxygens (including phenoxy) is 1. The van der Waals surface area contributed by atoms with Gasteiger partial charge in [0.05, 0.1) is 19.2 Å². The lowest BCUT2D eigenvalue weighted by molar-refractivity contribution is -0.131. The average Bonchev–Trinajstić information content (AvgIpc) is 2.85. The van der Waals surface area contributed by atoms with Crippen LogP contribution >= 0.6 is 0 Å². The van der Waals surface area contributed by atoms with Gasteiger partial charge in [0.2, 0.25) is 11.8 Å². The summed E-state index contributed by atoms with van der Waals surface area (Å²) in [6.45, 7) is 6.58. The number of hydrogen-bond donors (Lipinski definition) is 2. The Balaban J connectivity index is 2.38. The van der Waals surface area contributed by atoms with Crippen molar-refractivity contribution < 1.29 is 14.3 Å². The molecule has 1 heterocycles. The van der Waals surface area contributed by atoms with E-state index < -0.39 is 5.41 Å². The predicted molar refractivity (Wildman–Crippen MR) is 72.2 cm³/mol. The lowest BCUT2D eigenvalue weighted by Crippen LogP contribution is -2.46. The molecule has 1 fully saturated rings. The van der Waals surface area contributed by atoms with Crippen molar-refractivity contribution in [3.63, 3.8) is 0 Å². The first-order valence-corrected chi connectivity index (χ1v) is 6.46. The zero-order chi connectivity index (χ0) is 14.5. The van der Waals surface area contributed by atoms with E-state index in [1.54, 1.807) is 20.8 Å². The molecular formula is C14H22N2O3. The van der Waals surface area contributed by atoms with Crippen molar-refractivity contribution in [1.82, 2.24) is 10.6 Å². The van der Waals surface area contributed by atoms with Crippen LogP contribution in [-0.4, -0.2) is 37.6 Å². The van der Waals surface area contributed by atoms with Gasteiger partial charge >= 0.3 is 0 Å². The standard InChI is InChI=1S/C14H22N2O3/c1-5-11(10-6-7-19-9-10)16-12(17)8-15-13(18)14(2,3)4/h1,10-11H,6-9H2,2-4H3,(H,15,18)(H,16,17)/t10-,11-/m1/s1. The van der Waals surface area contributed by atoms with E-state index in [4.69, 9.17) is 11.2 Å². The van der Waals surface area contributed by atoms with E-state index in [9.17, 15) is 9.59 Å². The molecule has 0 aromatic heterocycles. The Kier molecular flexibility index (Phi) is 5.37. The zero-order valence-electron chi connectivity index (χ0n) is 11.8. The van der Waals surface area contributed by atoms with Crippen LogP contribution in [0, 0.1) is 23.7 Å². The first kappa shape index (κ1) is 15.5. The van der Waals surface area contributed by atoms with Crippen molar-refractivity contribution in [1.29, 1.82) is 0 Å². The molecular weight excluding hydrogens is 244 g/mol. The molecule has 5 nitrogen and oxygen atoms in total. The number of terminal acetylenes is 1. The van der Waals surface area contributed by atoms with E-state index in [0.29, 0.717) is 13.2 Å². The van der Waals surface area contributed by atoms with E-state index in [2.05, 4.69) is 16.6 Å². The van der Waals surface area contributed by atoms with Crippen LogP contribution in [0.15, 0.2) is 0 Å². The Labute approximate surface area is 114 Å². The van der Waals surface area contributed by atoms with Crippen LogP contribution in [0.4, 0.5) is 0 Å². The molecule has 2 amide bonds. The summed E-state index contributed by atoms with van der Waals surface area (Å²) < 4.78 is 5.25. The molecule has 2 N–H and O–H groups in total. The molecule has 0 radical (unpaired) electrons. The largest absolute Gasteiger partial charge is 0.381 e. The highest BCUT2D eigenvalue weighted by Gasteiger charge is 2.26. The van der Waals surface area contributed by atoms with Crippen molar-refractivity contribution >= 4 is 11.8 Å². The number of carbonyl (C=O) groups excluding carboxylic acids is 2. The Bertz CT molecular complexity index is 373. The third kappa shape index (κ3) is 4.92. The Morgan fingerprint density at radius 1 is 1.47 bits per heavy atom. The summed E-state index contributed by atoms with van der Waals surface area (Å²) in [5, 5.41) is 5.34. The minimum absolute atomic E-state index is 0.0537. The van der Waals surface area contributed by atoms with E-state index in [-0.39, 0.29) is 30.3 Å². The molecule has 5 heteroatoms. The molecule has 0 aliphatic carbocycles. The molecule has 2 atom stereocenters. The maximum Gasteiger partial charge on any atom is 0.240 e. The van der Waals surface area contributed by atoms with Gasteiger partial charge < -0.3 is 15.4 Å². The second kappa shape index (κ2) is 6.58. The minimum Gasteiger partial charge on any atom is -0.381 e. The molecule has 0 saturated carbocycles. The Morgan fingerprint density at radius 3 is 2.63 bits per heavy atom. The second-order valence-corrected chi connectivity index (χ2v) is 5.77. The monoisotopic (exact) mass is 266 g/mol. The molecule has 1 aliphatic heterocycles. The highest BCUT2D eigenvalue weighted by molar-refractivity contribution is 5.87. The number of amides is 2. The van der Waals surface area contributed by atoms with Crippen LogP contribution in [0.25, 0.3) is 0 Å². The van der Waals surface area contributed by atoms with E-state index in [1.165, 1.54) is 0 Å². The maximum absolute atomic E-state index is 11.7. The molecule has 106 valence electrons. The fourth-order valence-electron chi connectivity index (χ4n) is 1.76. The topological polar surface area (TPSA) is 67.4 Å². The van der Waals surface area contributed by atoms with Crippen LogP contribution in [0.3, 0.4) is 0 Å². The molecule has 19 heavy (non-hydrogen) atoms. The van der Waals surface area contributed by atoms with E-state index in [0.717, 1.165) is 6.42 Å². The second-order valence-electron chi connectivity index (χ2n) is 5.77. The molecule has 0 aromatic carbocycles. The number of rotatable bonds is 4. The van der Waals surface area contributed by atoms with E-state index in [1.807, 2.05) is 0 Å². The summed E-state index contributed by atoms with van der Waals surface area (Å²) in [6, 6.07) is -0.332. The van der Waals surface area contributed by atoms with Crippen LogP contribution in [0.1, 0.15) is 27.2 Å². The summed E-state index contributed by atoms with van der Waals surface area (Å²) in [6.07, 6.45) is 6.27. The van der Waals surface area contributed by atoms with Gasteiger partial charge in [-0.05, 0) is 6.42 Å². The molecule has 1 rings (SSSR count). The van der Waals surface area contributed by atoms with Crippen molar-refractivity contribution in [2.24, 2.45) is 11.3 Å². The highest BCUT2D eigenvalue weighted by Crippen LogP contribution is 2.16. The minimum atomic E-state index is -0.509. The zero-order valence-corrected chi connectivity index (χ0v) is 11.8. The third-order valence-corrected chi connectivity index (χ3v) is 3.02. The highest BCUT2D eigenvalue weighted by atomic mass is 16.5. The summed E-state index contributed by atoms with van der Waals surface area (Å²) in [5.41, 5.74) is -0.509. The Morgan fingerprint density at radius 2 is 2.16 bits per heavy atom. The van der Waals surface area contributed by atoms with Crippen LogP contribution in [0.5, 0.6) is 0 Å². The van der Waals surface area contributed by atoms with Gasteiger partial charge in [-0.3, -0.25) is 9.59 Å². The van der Waals surface area contributed by atoms with Crippen molar-refractivity contribution in [2.75, 3.05) is 19.8 Å². The molecule has 0 unspecified atom stereocenters. The van der Waals surface area contributed by atoms with Gasteiger partial charge in [0.25, 0.3) is 0 Å². The molecule has 0 spiro atoms. The van der Waals surface area contributed by atoms with Crippen molar-refractivity contribution in [3.05, 3.63) is 0 Å². The van der Waals surface area contributed by atoms with Gasteiger partial charge in [0.15, 0.2) is 0 Å². The van der Waals surface area contributed by atoms with Crippen LogP contribution < -0.4 is 10.6 Å². The lowest BCUT2D eigenvalue weighted by atomic mass is 9.96. The smallest absolute Gasteiger partial charge is 0.240 e. The van der Waals surface area contributed by atoms with Gasteiger partial charge in [0.1, 0.15) is 0 Å². The third-order valence-electron chi connectivity index (χ3n) is 3.02. The van der Waals surface area contributed by atoms with E-state index >= 15 is 0 Å². The van der Waals surface area contributed by atoms with Crippen molar-refractivity contribution in [3.8, 4) is 12.3 Å². The molecule has 0 bridgehead atoms. The van der Waals surface area contributed by atoms with Crippen molar-refractivity contribution in [2.45, 2.75) is 33.2 Å². The Hall–Kier alpha value is -1.54. The number of carbonyl (C=O) groups is 2. The maximum atomic E-state index is 11.7. The van der Waals surface area contributed by atoms with Gasteiger partial charge in [-0.15, -0.1) is 6.42 Å². The molecule has 1 saturated heterocycles. The summed E-state index contributed by atoms with van der Waals surface area (Å²) in [4.78, 5) is 23.4.